The molecule has 0 amide bonds. The molecule has 0 bridgehead atoms. The summed E-state index contributed by atoms with van der Waals surface area (Å²) in [5.74, 6) is 1.98. The van der Waals surface area contributed by atoms with Crippen LogP contribution < -0.4 is 20.5 Å². The first-order valence-corrected chi connectivity index (χ1v) is 7.46. The molecule has 6 nitrogen and oxygen atoms in total. The van der Waals surface area contributed by atoms with Gasteiger partial charge in [-0.25, -0.2) is 0 Å². The van der Waals surface area contributed by atoms with Gasteiger partial charge in [-0.3, -0.25) is 4.99 Å². The normalized spacial score (nSPS) is 11.6. The van der Waals surface area contributed by atoms with E-state index in [1.165, 1.54) is 0 Å². The molecule has 22 heavy (non-hydrogen) atoms. The third kappa shape index (κ3) is 6.67. The first-order chi connectivity index (χ1) is 10.6. The van der Waals surface area contributed by atoms with Crippen LogP contribution in [0, 0.1) is 0 Å². The molecule has 1 aromatic rings. The highest BCUT2D eigenvalue weighted by atomic mass is 16.5. The van der Waals surface area contributed by atoms with Crippen LogP contribution in [-0.4, -0.2) is 58.8 Å². The predicted molar refractivity (Wildman–Crippen MR) is 90.9 cm³/mol. The van der Waals surface area contributed by atoms with Crippen LogP contribution >= 0.6 is 0 Å². The van der Waals surface area contributed by atoms with Crippen LogP contribution in [0.25, 0.3) is 0 Å². The van der Waals surface area contributed by atoms with E-state index >= 15 is 0 Å². The highest BCUT2D eigenvalue weighted by Crippen LogP contribution is 2.27. The van der Waals surface area contributed by atoms with Crippen molar-refractivity contribution in [3.8, 4) is 11.5 Å². The lowest BCUT2D eigenvalue weighted by atomic mass is 10.1. The maximum absolute atomic E-state index is 5.84. The number of rotatable bonds is 9. The Morgan fingerprint density at radius 2 is 1.95 bits per heavy atom. The van der Waals surface area contributed by atoms with E-state index in [0.717, 1.165) is 49.5 Å². The Morgan fingerprint density at radius 3 is 2.59 bits per heavy atom. The van der Waals surface area contributed by atoms with Crippen molar-refractivity contribution in [3.63, 3.8) is 0 Å². The number of hydrogen-bond acceptors (Lipinski definition) is 4. The van der Waals surface area contributed by atoms with E-state index in [1.54, 1.807) is 14.2 Å². The van der Waals surface area contributed by atoms with Crippen molar-refractivity contribution >= 4 is 5.96 Å². The Bertz CT molecular complexity index is 475. The van der Waals surface area contributed by atoms with E-state index in [2.05, 4.69) is 29.3 Å². The molecule has 0 aromatic heterocycles. The maximum Gasteiger partial charge on any atom is 0.188 e. The summed E-state index contributed by atoms with van der Waals surface area (Å²) >= 11 is 0. The number of nitrogens with two attached hydrogens (primary N) is 1. The lowest BCUT2D eigenvalue weighted by Crippen LogP contribution is -2.33. The molecule has 1 rings (SSSR count). The molecule has 0 unspecified atom stereocenters. The van der Waals surface area contributed by atoms with Crippen molar-refractivity contribution in [2.75, 3.05) is 47.9 Å². The van der Waals surface area contributed by atoms with Crippen LogP contribution in [0.1, 0.15) is 12.0 Å². The third-order valence-electron chi connectivity index (χ3n) is 3.21. The Kier molecular flexibility index (Phi) is 8.14. The third-order valence-corrected chi connectivity index (χ3v) is 3.21. The minimum atomic E-state index is 0.499. The number of ether oxygens (including phenoxy) is 2. The lowest BCUT2D eigenvalue weighted by Gasteiger charge is -2.10. The fourth-order valence-electron chi connectivity index (χ4n) is 2.01. The summed E-state index contributed by atoms with van der Waals surface area (Å²) in [6.07, 6.45) is 1.85. The van der Waals surface area contributed by atoms with E-state index < -0.39 is 0 Å². The van der Waals surface area contributed by atoms with Crippen LogP contribution in [0.4, 0.5) is 0 Å². The van der Waals surface area contributed by atoms with Gasteiger partial charge in [-0.2, -0.15) is 0 Å². The Balaban J connectivity index is 2.35. The smallest absolute Gasteiger partial charge is 0.188 e. The Morgan fingerprint density at radius 1 is 1.23 bits per heavy atom. The van der Waals surface area contributed by atoms with Gasteiger partial charge in [-0.1, -0.05) is 6.07 Å². The van der Waals surface area contributed by atoms with E-state index in [9.17, 15) is 0 Å². The zero-order chi connectivity index (χ0) is 16.4. The van der Waals surface area contributed by atoms with Gasteiger partial charge in [-0.15, -0.1) is 0 Å². The Labute approximate surface area is 133 Å². The summed E-state index contributed by atoms with van der Waals surface area (Å²) in [6.45, 7) is 2.49. The van der Waals surface area contributed by atoms with Crippen LogP contribution in [0.2, 0.25) is 0 Å². The van der Waals surface area contributed by atoms with Crippen molar-refractivity contribution in [3.05, 3.63) is 23.8 Å². The van der Waals surface area contributed by atoms with Crippen molar-refractivity contribution in [1.82, 2.24) is 10.2 Å². The number of methoxy groups -OCH3 is 2. The summed E-state index contributed by atoms with van der Waals surface area (Å²) in [7, 11) is 7.37. The van der Waals surface area contributed by atoms with Crippen LogP contribution in [0.15, 0.2) is 23.2 Å². The van der Waals surface area contributed by atoms with Gasteiger partial charge in [0, 0.05) is 13.1 Å². The lowest BCUT2D eigenvalue weighted by molar-refractivity contribution is 0.354. The number of aliphatic imine (C=N–C) groups is 1. The zero-order valence-electron chi connectivity index (χ0n) is 14.1. The van der Waals surface area contributed by atoms with Gasteiger partial charge in [0.05, 0.1) is 14.2 Å². The summed E-state index contributed by atoms with van der Waals surface area (Å²) in [4.78, 5) is 6.44. The second-order valence-electron chi connectivity index (χ2n) is 5.29. The van der Waals surface area contributed by atoms with Crippen molar-refractivity contribution in [2.45, 2.75) is 12.8 Å². The molecule has 0 aliphatic carbocycles. The number of guanidine groups is 1. The first kappa shape index (κ1) is 18.1. The SMILES string of the molecule is COc1ccc(CCNC(N)=NCCCN(C)C)cc1OC. The number of benzene rings is 1. The highest BCUT2D eigenvalue weighted by Gasteiger charge is 2.04. The average molecular weight is 308 g/mol. The molecule has 0 fully saturated rings. The number of nitrogens with zero attached hydrogens (tertiary/aromatic N) is 2. The minimum absolute atomic E-state index is 0.499. The molecule has 0 saturated heterocycles. The second-order valence-corrected chi connectivity index (χ2v) is 5.29. The molecular formula is C16H28N4O2. The summed E-state index contributed by atoms with van der Waals surface area (Å²) in [6, 6.07) is 5.91. The molecule has 0 aliphatic rings. The number of nitrogens with one attached hydrogen (secondary N) is 1. The van der Waals surface area contributed by atoms with E-state index in [0.29, 0.717) is 5.96 Å². The summed E-state index contributed by atoms with van der Waals surface area (Å²) in [5.41, 5.74) is 6.99. The molecule has 0 atom stereocenters. The van der Waals surface area contributed by atoms with Gasteiger partial charge >= 0.3 is 0 Å². The Hall–Kier alpha value is -1.95. The van der Waals surface area contributed by atoms with Crippen molar-refractivity contribution < 1.29 is 9.47 Å². The van der Waals surface area contributed by atoms with E-state index in [4.69, 9.17) is 15.2 Å². The van der Waals surface area contributed by atoms with Gasteiger partial charge in [-0.05, 0) is 51.2 Å². The fraction of sp³-hybridized carbons (Fsp3) is 0.562. The molecule has 0 aliphatic heterocycles. The molecule has 0 saturated carbocycles. The summed E-state index contributed by atoms with van der Waals surface area (Å²) < 4.78 is 10.5. The zero-order valence-corrected chi connectivity index (χ0v) is 14.1. The fourth-order valence-corrected chi connectivity index (χ4v) is 2.01. The van der Waals surface area contributed by atoms with Gasteiger partial charge in [0.2, 0.25) is 0 Å². The predicted octanol–water partition coefficient (Wildman–Crippen LogP) is 1.10. The van der Waals surface area contributed by atoms with Crippen LogP contribution in [0.5, 0.6) is 11.5 Å². The maximum atomic E-state index is 5.84. The molecule has 1 aromatic carbocycles. The molecule has 3 N–H and O–H groups in total. The second kappa shape index (κ2) is 9.89. The highest BCUT2D eigenvalue weighted by molar-refractivity contribution is 5.77. The largest absolute Gasteiger partial charge is 0.493 e. The van der Waals surface area contributed by atoms with Gasteiger partial charge in [0.25, 0.3) is 0 Å². The summed E-state index contributed by atoms with van der Waals surface area (Å²) in [5, 5.41) is 3.13. The molecule has 0 radical (unpaired) electrons. The molecule has 0 spiro atoms. The molecule has 6 heteroatoms. The monoisotopic (exact) mass is 308 g/mol. The quantitative estimate of drug-likeness (QED) is 0.406. The van der Waals surface area contributed by atoms with Gasteiger partial charge in [0.1, 0.15) is 0 Å². The van der Waals surface area contributed by atoms with E-state index in [-0.39, 0.29) is 0 Å². The van der Waals surface area contributed by atoms with Gasteiger partial charge < -0.3 is 25.4 Å². The molecule has 0 heterocycles. The van der Waals surface area contributed by atoms with E-state index in [1.807, 2.05) is 18.2 Å². The van der Waals surface area contributed by atoms with Crippen molar-refractivity contribution in [1.29, 1.82) is 0 Å². The molecule has 124 valence electrons. The van der Waals surface area contributed by atoms with Gasteiger partial charge in [0.15, 0.2) is 17.5 Å². The van der Waals surface area contributed by atoms with Crippen LogP contribution in [-0.2, 0) is 6.42 Å². The average Bonchev–Trinajstić information content (AvgIpc) is 2.51. The minimum Gasteiger partial charge on any atom is -0.493 e. The topological polar surface area (TPSA) is 72.1 Å². The molecular weight excluding hydrogens is 280 g/mol. The van der Waals surface area contributed by atoms with Crippen molar-refractivity contribution in [2.24, 2.45) is 10.7 Å². The number of hydrogen-bond donors (Lipinski definition) is 2. The first-order valence-electron chi connectivity index (χ1n) is 7.46. The van der Waals surface area contributed by atoms with Crippen LogP contribution in [0.3, 0.4) is 0 Å². The standard InChI is InChI=1S/C16H28N4O2/c1-20(2)11-5-9-18-16(17)19-10-8-13-6-7-14(21-3)15(12-13)22-4/h6-7,12H,5,8-11H2,1-4H3,(H3,17,18,19).